The fourth-order valence-corrected chi connectivity index (χ4v) is 2.28. The van der Waals surface area contributed by atoms with Gasteiger partial charge >= 0.3 is 0 Å². The van der Waals surface area contributed by atoms with Crippen molar-refractivity contribution in [3.05, 3.63) is 54.1 Å². The van der Waals surface area contributed by atoms with Crippen LogP contribution in [0.5, 0.6) is 0 Å². The highest BCUT2D eigenvalue weighted by Gasteiger charge is 2.10. The quantitative estimate of drug-likeness (QED) is 0.769. The lowest BCUT2D eigenvalue weighted by Gasteiger charge is -2.11. The van der Waals surface area contributed by atoms with Gasteiger partial charge in [-0.2, -0.15) is 0 Å². The van der Waals surface area contributed by atoms with Gasteiger partial charge in [0.1, 0.15) is 5.82 Å². The summed E-state index contributed by atoms with van der Waals surface area (Å²) in [5.41, 5.74) is 3.59. The molecule has 3 aromatic rings. The number of nitrogens with zero attached hydrogens (tertiary/aromatic N) is 1. The van der Waals surface area contributed by atoms with E-state index in [4.69, 9.17) is 0 Å². The molecule has 0 radical (unpaired) electrons. The van der Waals surface area contributed by atoms with Crippen LogP contribution in [-0.4, -0.2) is 21.9 Å². The van der Waals surface area contributed by atoms with Crippen molar-refractivity contribution in [2.24, 2.45) is 0 Å². The molecule has 4 heteroatoms. The lowest BCUT2D eigenvalue weighted by molar-refractivity contribution is 0.0939. The number of para-hydroxylation sites is 2. The summed E-state index contributed by atoms with van der Waals surface area (Å²) in [6.07, 6.45) is 0.919. The van der Waals surface area contributed by atoms with Crippen LogP contribution in [0.25, 0.3) is 22.4 Å². The number of amides is 1. The summed E-state index contributed by atoms with van der Waals surface area (Å²) in [6, 6.07) is 15.6. The lowest BCUT2D eigenvalue weighted by atomic mass is 10.1. The molecule has 1 aromatic heterocycles. The molecule has 0 aliphatic rings. The number of rotatable bonds is 4. The number of aromatic nitrogens is 2. The molecule has 0 aliphatic carbocycles. The Bertz CT molecular complexity index is 756. The Kier molecular flexibility index (Phi) is 3.92. The number of carbonyl (C=O) groups is 1. The second-order valence-corrected chi connectivity index (χ2v) is 5.46. The normalized spacial score (nSPS) is 12.3. The van der Waals surface area contributed by atoms with E-state index in [1.807, 2.05) is 55.5 Å². The van der Waals surface area contributed by atoms with Crippen LogP contribution < -0.4 is 5.32 Å². The standard InChI is InChI=1S/C18H19N3O/c1-3-12(2)19-18(22)14-10-8-13(9-11-14)17-20-15-6-4-5-7-16(15)21-17/h4-12H,3H2,1-2H3,(H,19,22)(H,20,21)/t12-/m1/s1. The maximum absolute atomic E-state index is 12.1. The van der Waals surface area contributed by atoms with Gasteiger partial charge in [0.05, 0.1) is 11.0 Å². The molecule has 0 aliphatic heterocycles. The Hall–Kier alpha value is -2.62. The number of aromatic amines is 1. The van der Waals surface area contributed by atoms with Crippen LogP contribution in [0.2, 0.25) is 0 Å². The summed E-state index contributed by atoms with van der Waals surface area (Å²) >= 11 is 0. The van der Waals surface area contributed by atoms with Crippen LogP contribution in [0.3, 0.4) is 0 Å². The summed E-state index contributed by atoms with van der Waals surface area (Å²) in [5, 5.41) is 2.96. The second kappa shape index (κ2) is 6.02. The summed E-state index contributed by atoms with van der Waals surface area (Å²) in [7, 11) is 0. The zero-order valence-electron chi connectivity index (χ0n) is 12.8. The number of imidazole rings is 1. The van der Waals surface area contributed by atoms with Gasteiger partial charge in [-0.1, -0.05) is 31.2 Å². The van der Waals surface area contributed by atoms with E-state index in [0.717, 1.165) is 28.8 Å². The van der Waals surface area contributed by atoms with Crippen molar-refractivity contribution >= 4 is 16.9 Å². The highest BCUT2D eigenvalue weighted by Crippen LogP contribution is 2.20. The molecular weight excluding hydrogens is 274 g/mol. The van der Waals surface area contributed by atoms with Crippen molar-refractivity contribution in [3.8, 4) is 11.4 Å². The van der Waals surface area contributed by atoms with E-state index in [9.17, 15) is 4.79 Å². The minimum absolute atomic E-state index is 0.0366. The monoisotopic (exact) mass is 293 g/mol. The molecule has 0 fully saturated rings. The van der Waals surface area contributed by atoms with E-state index in [2.05, 4.69) is 22.2 Å². The SMILES string of the molecule is CC[C@@H](C)NC(=O)c1ccc(-c2nc3ccccc3[nH]2)cc1. The minimum Gasteiger partial charge on any atom is -0.350 e. The molecule has 3 rings (SSSR count). The first-order chi connectivity index (χ1) is 10.7. The third-order valence-electron chi connectivity index (χ3n) is 3.80. The predicted molar refractivity (Wildman–Crippen MR) is 88.7 cm³/mol. The van der Waals surface area contributed by atoms with Crippen LogP contribution in [-0.2, 0) is 0 Å². The summed E-state index contributed by atoms with van der Waals surface area (Å²) in [5.74, 6) is 0.778. The summed E-state index contributed by atoms with van der Waals surface area (Å²) in [4.78, 5) is 19.9. The third kappa shape index (κ3) is 2.86. The predicted octanol–water partition coefficient (Wildman–Crippen LogP) is 3.76. The third-order valence-corrected chi connectivity index (χ3v) is 3.80. The van der Waals surface area contributed by atoms with E-state index in [0.29, 0.717) is 5.56 Å². The van der Waals surface area contributed by atoms with Gasteiger partial charge in [0, 0.05) is 17.2 Å². The Morgan fingerprint density at radius 3 is 2.59 bits per heavy atom. The van der Waals surface area contributed by atoms with Gasteiger partial charge < -0.3 is 10.3 Å². The van der Waals surface area contributed by atoms with Crippen molar-refractivity contribution in [3.63, 3.8) is 0 Å². The van der Waals surface area contributed by atoms with Crippen molar-refractivity contribution in [2.75, 3.05) is 0 Å². The molecule has 0 spiro atoms. The molecule has 2 N–H and O–H groups in total. The summed E-state index contributed by atoms with van der Waals surface area (Å²) < 4.78 is 0. The number of nitrogens with one attached hydrogen (secondary N) is 2. The first kappa shape index (κ1) is 14.3. The fourth-order valence-electron chi connectivity index (χ4n) is 2.28. The molecule has 1 heterocycles. The molecule has 2 aromatic carbocycles. The van der Waals surface area contributed by atoms with Gasteiger partial charge in [-0.05, 0) is 37.6 Å². The van der Waals surface area contributed by atoms with E-state index in [-0.39, 0.29) is 11.9 Å². The van der Waals surface area contributed by atoms with Crippen LogP contribution in [0.4, 0.5) is 0 Å². The van der Waals surface area contributed by atoms with Crippen molar-refractivity contribution in [1.29, 1.82) is 0 Å². The average Bonchev–Trinajstić information content (AvgIpc) is 2.98. The van der Waals surface area contributed by atoms with Gasteiger partial charge in [-0.3, -0.25) is 4.79 Å². The highest BCUT2D eigenvalue weighted by molar-refractivity contribution is 5.94. The Balaban J connectivity index is 1.83. The number of carbonyl (C=O) groups excluding carboxylic acids is 1. The number of benzene rings is 2. The van der Waals surface area contributed by atoms with Crippen molar-refractivity contribution in [2.45, 2.75) is 26.3 Å². The lowest BCUT2D eigenvalue weighted by Crippen LogP contribution is -2.31. The second-order valence-electron chi connectivity index (χ2n) is 5.46. The van der Waals surface area contributed by atoms with E-state index in [1.165, 1.54) is 0 Å². The number of fused-ring (bicyclic) bond motifs is 1. The molecule has 0 saturated heterocycles. The Labute approximate surface area is 129 Å². The molecule has 0 saturated carbocycles. The number of H-pyrrole nitrogens is 1. The Morgan fingerprint density at radius 2 is 1.91 bits per heavy atom. The van der Waals surface area contributed by atoms with E-state index in [1.54, 1.807) is 0 Å². The first-order valence-corrected chi connectivity index (χ1v) is 7.53. The largest absolute Gasteiger partial charge is 0.350 e. The van der Waals surface area contributed by atoms with Crippen LogP contribution >= 0.6 is 0 Å². The molecular formula is C18H19N3O. The van der Waals surface area contributed by atoms with Gasteiger partial charge in [0.25, 0.3) is 5.91 Å². The van der Waals surface area contributed by atoms with E-state index < -0.39 is 0 Å². The van der Waals surface area contributed by atoms with Crippen molar-refractivity contribution in [1.82, 2.24) is 15.3 Å². The van der Waals surface area contributed by atoms with Gasteiger partial charge in [-0.15, -0.1) is 0 Å². The first-order valence-electron chi connectivity index (χ1n) is 7.53. The number of hydrogen-bond acceptors (Lipinski definition) is 2. The molecule has 1 atom stereocenters. The molecule has 0 bridgehead atoms. The van der Waals surface area contributed by atoms with Crippen LogP contribution in [0.15, 0.2) is 48.5 Å². The Morgan fingerprint density at radius 1 is 1.18 bits per heavy atom. The zero-order valence-corrected chi connectivity index (χ0v) is 12.8. The molecule has 22 heavy (non-hydrogen) atoms. The van der Waals surface area contributed by atoms with Gasteiger partial charge in [0.15, 0.2) is 0 Å². The zero-order chi connectivity index (χ0) is 15.5. The fraction of sp³-hybridized carbons (Fsp3) is 0.222. The molecule has 112 valence electrons. The van der Waals surface area contributed by atoms with Gasteiger partial charge in [0.2, 0.25) is 0 Å². The van der Waals surface area contributed by atoms with Crippen molar-refractivity contribution < 1.29 is 4.79 Å². The summed E-state index contributed by atoms with van der Waals surface area (Å²) in [6.45, 7) is 4.05. The van der Waals surface area contributed by atoms with Crippen LogP contribution in [0.1, 0.15) is 30.6 Å². The molecule has 4 nitrogen and oxygen atoms in total. The number of hydrogen-bond donors (Lipinski definition) is 2. The van der Waals surface area contributed by atoms with Crippen LogP contribution in [0, 0.1) is 0 Å². The molecule has 1 amide bonds. The average molecular weight is 293 g/mol. The molecule has 0 unspecified atom stereocenters. The smallest absolute Gasteiger partial charge is 0.251 e. The maximum atomic E-state index is 12.1. The van der Waals surface area contributed by atoms with E-state index >= 15 is 0 Å². The topological polar surface area (TPSA) is 57.8 Å². The van der Waals surface area contributed by atoms with Gasteiger partial charge in [-0.25, -0.2) is 4.98 Å². The maximum Gasteiger partial charge on any atom is 0.251 e. The highest BCUT2D eigenvalue weighted by atomic mass is 16.1. The minimum atomic E-state index is -0.0366.